The molecule has 0 saturated heterocycles. The number of benzene rings is 1. The van der Waals surface area contributed by atoms with Crippen LogP contribution in [0.5, 0.6) is 0 Å². The van der Waals surface area contributed by atoms with Gasteiger partial charge in [-0.2, -0.15) is 0 Å². The van der Waals surface area contributed by atoms with Crippen LogP contribution in [0, 0.1) is 46.6 Å². The van der Waals surface area contributed by atoms with Gasteiger partial charge in [0.1, 0.15) is 17.3 Å². The number of carbonyl (C=O) groups is 1. The van der Waals surface area contributed by atoms with Crippen LogP contribution in [0.25, 0.3) is 0 Å². The molecule has 0 bridgehead atoms. The van der Waals surface area contributed by atoms with Crippen LogP contribution in [-0.2, 0) is 4.79 Å². The van der Waals surface area contributed by atoms with Gasteiger partial charge in [0.15, 0.2) is 5.78 Å². The molecule has 4 aliphatic rings. The fourth-order valence-electron chi connectivity index (χ4n) is 8.44. The quantitative estimate of drug-likeness (QED) is 0.571. The lowest BCUT2D eigenvalue weighted by Crippen LogP contribution is -2.58. The molecule has 2 N–H and O–H groups in total. The summed E-state index contributed by atoms with van der Waals surface area (Å²) in [6.07, 6.45) is 6.73. The van der Waals surface area contributed by atoms with Crippen molar-refractivity contribution in [1.82, 2.24) is 0 Å². The Hall–Kier alpha value is -1.56. The maximum Gasteiger partial charge on any atom is 0.155 e. The number of hydrogen-bond donors (Lipinski definition) is 2. The molecule has 4 fully saturated rings. The predicted molar refractivity (Wildman–Crippen MR) is 121 cm³/mol. The number of anilines is 1. The van der Waals surface area contributed by atoms with Crippen molar-refractivity contribution in [2.75, 3.05) is 11.9 Å². The minimum absolute atomic E-state index is 0.0217. The smallest absolute Gasteiger partial charge is 0.155 e. The third-order valence-corrected chi connectivity index (χ3v) is 10.1. The van der Waals surface area contributed by atoms with E-state index in [0.29, 0.717) is 31.1 Å². The molecule has 0 radical (unpaired) electrons. The summed E-state index contributed by atoms with van der Waals surface area (Å²) in [6.45, 7) is 4.08. The van der Waals surface area contributed by atoms with E-state index in [4.69, 9.17) is 0 Å². The molecule has 0 aromatic heterocycles. The fourth-order valence-corrected chi connectivity index (χ4v) is 8.44. The second-order valence-corrected chi connectivity index (χ2v) is 11.9. The molecule has 33 heavy (non-hydrogen) atoms. The van der Waals surface area contributed by atoms with E-state index in [9.17, 15) is 18.7 Å². The van der Waals surface area contributed by atoms with Crippen LogP contribution >= 0.6 is 0 Å². The number of ketones is 1. The van der Waals surface area contributed by atoms with Crippen molar-refractivity contribution < 1.29 is 23.1 Å². The Balaban J connectivity index is 1.29. The number of nitrogens with one attached hydrogen (secondary N) is 1. The Labute approximate surface area is 194 Å². The van der Waals surface area contributed by atoms with Gasteiger partial charge < -0.3 is 10.4 Å². The first-order valence-electron chi connectivity index (χ1n) is 12.7. The predicted octanol–water partition coefficient (Wildman–Crippen LogP) is 6.06. The Morgan fingerprint density at radius 2 is 1.85 bits per heavy atom. The number of rotatable bonds is 4. The number of halogens is 3. The third-order valence-electron chi connectivity index (χ3n) is 10.1. The van der Waals surface area contributed by atoms with E-state index in [1.165, 1.54) is 12.1 Å². The zero-order chi connectivity index (χ0) is 23.6. The minimum atomic E-state index is -1.18. The van der Waals surface area contributed by atoms with Crippen LogP contribution in [0.1, 0.15) is 71.6 Å². The van der Waals surface area contributed by atoms with E-state index in [2.05, 4.69) is 12.2 Å². The van der Waals surface area contributed by atoms with Crippen LogP contribution < -0.4 is 5.32 Å². The Bertz CT molecular complexity index is 936. The molecule has 182 valence electrons. The highest BCUT2D eigenvalue weighted by atomic mass is 19.1. The average Bonchev–Trinajstić information content (AvgIpc) is 3.10. The largest absolute Gasteiger partial charge is 0.390 e. The molecule has 0 aliphatic heterocycles. The summed E-state index contributed by atoms with van der Waals surface area (Å²) < 4.78 is 43.6. The van der Waals surface area contributed by atoms with Gasteiger partial charge in [0.05, 0.1) is 17.8 Å². The molecule has 0 heterocycles. The summed E-state index contributed by atoms with van der Waals surface area (Å²) in [5.74, 6) is -0.771. The molecule has 8 atom stereocenters. The van der Waals surface area contributed by atoms with Gasteiger partial charge in [0, 0.05) is 12.0 Å². The van der Waals surface area contributed by atoms with E-state index in [1.54, 1.807) is 0 Å². The minimum Gasteiger partial charge on any atom is -0.390 e. The van der Waals surface area contributed by atoms with Crippen LogP contribution in [0.15, 0.2) is 18.2 Å². The number of alkyl halides is 1. The lowest BCUT2D eigenvalue weighted by atomic mass is 9.48. The van der Waals surface area contributed by atoms with Gasteiger partial charge in [-0.1, -0.05) is 6.92 Å². The van der Waals surface area contributed by atoms with Gasteiger partial charge in [0.25, 0.3) is 0 Å². The molecule has 4 aliphatic carbocycles. The zero-order valence-electron chi connectivity index (χ0n) is 19.7. The molecule has 0 spiro atoms. The Morgan fingerprint density at radius 1 is 1.06 bits per heavy atom. The summed E-state index contributed by atoms with van der Waals surface area (Å²) >= 11 is 0. The Morgan fingerprint density at radius 3 is 2.61 bits per heavy atom. The van der Waals surface area contributed by atoms with Crippen molar-refractivity contribution in [3.63, 3.8) is 0 Å². The van der Waals surface area contributed by atoms with E-state index >= 15 is 4.39 Å². The standard InChI is InChI=1S/C27H36F3NO2/c1-25(33)11-12-27(30)16(14-25)3-5-18-19-6-7-21(26(19,2)10-9-20(18)27)24(32)15-31-23-8-4-17(28)13-22(23)29/h4,8,13,16,18-21,31,33H,3,5-7,9-12,14-15H2,1-2H3/t16-,18+,19?,20?,21-,25-,26+,27-/m1/s1. The molecule has 2 unspecified atom stereocenters. The monoisotopic (exact) mass is 463 g/mol. The van der Waals surface area contributed by atoms with Gasteiger partial charge in [0.2, 0.25) is 0 Å². The first-order chi connectivity index (χ1) is 15.5. The van der Waals surface area contributed by atoms with Crippen molar-refractivity contribution >= 4 is 11.5 Å². The summed E-state index contributed by atoms with van der Waals surface area (Å²) in [7, 11) is 0. The SMILES string of the molecule is C[C@@]1(O)CC[C@]2(F)C3CC[C@@]4(C)C(CC[C@@H]4C(=O)CNc4ccc(F)cc4F)[C@@H]3CC[C@@H]2C1. The maximum atomic E-state index is 16.5. The van der Waals surface area contributed by atoms with Crippen molar-refractivity contribution in [1.29, 1.82) is 0 Å². The normalized spacial score (nSPS) is 44.5. The van der Waals surface area contributed by atoms with Gasteiger partial charge >= 0.3 is 0 Å². The molecule has 4 saturated carbocycles. The highest BCUT2D eigenvalue weighted by Crippen LogP contribution is 2.66. The summed E-state index contributed by atoms with van der Waals surface area (Å²) in [4.78, 5) is 13.2. The van der Waals surface area contributed by atoms with Gasteiger partial charge in [-0.15, -0.1) is 0 Å². The summed E-state index contributed by atoms with van der Waals surface area (Å²) in [5, 5.41) is 13.4. The van der Waals surface area contributed by atoms with E-state index in [-0.39, 0.29) is 41.2 Å². The fraction of sp³-hybridized carbons (Fsp3) is 0.741. The number of hydrogen-bond acceptors (Lipinski definition) is 3. The summed E-state index contributed by atoms with van der Waals surface area (Å²) in [6, 6.07) is 3.32. The number of aliphatic hydroxyl groups is 1. The second kappa shape index (κ2) is 8.00. The second-order valence-electron chi connectivity index (χ2n) is 11.9. The first kappa shape index (κ1) is 23.2. The maximum absolute atomic E-state index is 16.5. The van der Waals surface area contributed by atoms with Crippen LogP contribution in [0.2, 0.25) is 0 Å². The van der Waals surface area contributed by atoms with Crippen molar-refractivity contribution in [2.45, 2.75) is 82.9 Å². The molecular formula is C27H36F3NO2. The molecule has 3 nitrogen and oxygen atoms in total. The highest BCUT2D eigenvalue weighted by Gasteiger charge is 2.63. The summed E-state index contributed by atoms with van der Waals surface area (Å²) in [5.41, 5.74) is -1.95. The number of Topliss-reactive ketones (excluding diaryl/α,β-unsaturated/α-hetero) is 1. The van der Waals surface area contributed by atoms with Crippen molar-refractivity contribution in [3.05, 3.63) is 29.8 Å². The van der Waals surface area contributed by atoms with Gasteiger partial charge in [-0.05, 0) is 106 Å². The molecule has 6 heteroatoms. The lowest BCUT2D eigenvalue weighted by Gasteiger charge is -2.59. The Kier molecular flexibility index (Phi) is 5.62. The molecule has 1 aromatic rings. The molecule has 5 rings (SSSR count). The lowest BCUT2D eigenvalue weighted by molar-refractivity contribution is -0.165. The third kappa shape index (κ3) is 3.81. The highest BCUT2D eigenvalue weighted by molar-refractivity contribution is 5.86. The van der Waals surface area contributed by atoms with Gasteiger partial charge in [-0.25, -0.2) is 13.2 Å². The average molecular weight is 464 g/mol. The number of fused-ring (bicyclic) bond motifs is 5. The molecular weight excluding hydrogens is 427 g/mol. The van der Waals surface area contributed by atoms with Crippen LogP contribution in [-0.4, -0.2) is 28.7 Å². The van der Waals surface area contributed by atoms with Crippen LogP contribution in [0.3, 0.4) is 0 Å². The van der Waals surface area contributed by atoms with Crippen molar-refractivity contribution in [2.24, 2.45) is 35.0 Å². The molecule has 1 aromatic carbocycles. The van der Waals surface area contributed by atoms with E-state index in [0.717, 1.165) is 44.6 Å². The van der Waals surface area contributed by atoms with Crippen LogP contribution in [0.4, 0.5) is 18.9 Å². The van der Waals surface area contributed by atoms with Crippen molar-refractivity contribution in [3.8, 4) is 0 Å². The van der Waals surface area contributed by atoms with E-state index < -0.39 is 22.9 Å². The van der Waals surface area contributed by atoms with E-state index in [1.807, 2.05) is 6.92 Å². The van der Waals surface area contributed by atoms with Gasteiger partial charge in [-0.3, -0.25) is 4.79 Å². The molecule has 0 amide bonds. The topological polar surface area (TPSA) is 49.3 Å². The number of carbonyl (C=O) groups excluding carboxylic acids is 1. The zero-order valence-corrected chi connectivity index (χ0v) is 19.7. The first-order valence-corrected chi connectivity index (χ1v) is 12.7.